The van der Waals surface area contributed by atoms with Crippen LogP contribution in [0.1, 0.15) is 15.9 Å². The number of amides is 1. The Kier molecular flexibility index (Phi) is 6.47. The molecule has 0 spiro atoms. The highest BCUT2D eigenvalue weighted by atomic mass is 35.5. The van der Waals surface area contributed by atoms with Crippen molar-refractivity contribution in [2.45, 2.75) is 6.54 Å². The standard InChI is InChI=1S/C21H18Cl2N2O3S/c1-29(27,28)25(18-6-4-5-17(22)13-18)14-15-9-11-16(12-10-15)21(26)24-20-8-3-2-7-19(20)23/h2-13H,14H2,1H3,(H,24,26). The fraction of sp³-hybridized carbons (Fsp3) is 0.0952. The summed E-state index contributed by atoms with van der Waals surface area (Å²) in [6.07, 6.45) is 1.14. The maximum atomic E-state index is 12.4. The minimum atomic E-state index is -3.52. The third-order valence-corrected chi connectivity index (χ3v) is 5.87. The van der Waals surface area contributed by atoms with Gasteiger partial charge in [0.15, 0.2) is 0 Å². The van der Waals surface area contributed by atoms with Crippen molar-refractivity contribution in [1.29, 1.82) is 0 Å². The van der Waals surface area contributed by atoms with E-state index in [4.69, 9.17) is 23.2 Å². The molecule has 0 aliphatic heterocycles. The summed E-state index contributed by atoms with van der Waals surface area (Å²) in [6.45, 7) is 0.117. The van der Waals surface area contributed by atoms with E-state index in [1.165, 1.54) is 4.31 Å². The highest BCUT2D eigenvalue weighted by Crippen LogP contribution is 2.24. The summed E-state index contributed by atoms with van der Waals surface area (Å²) in [5.74, 6) is -0.306. The van der Waals surface area contributed by atoms with Gasteiger partial charge in [-0.25, -0.2) is 8.42 Å². The SMILES string of the molecule is CS(=O)(=O)N(Cc1ccc(C(=O)Nc2ccccc2Cl)cc1)c1cccc(Cl)c1. The lowest BCUT2D eigenvalue weighted by Crippen LogP contribution is -2.29. The van der Waals surface area contributed by atoms with Crippen LogP contribution in [0.2, 0.25) is 10.0 Å². The maximum absolute atomic E-state index is 12.4. The second-order valence-electron chi connectivity index (χ2n) is 6.38. The summed E-state index contributed by atoms with van der Waals surface area (Å²) in [4.78, 5) is 12.4. The number of nitrogens with one attached hydrogen (secondary N) is 1. The van der Waals surface area contributed by atoms with Crippen LogP contribution in [0, 0.1) is 0 Å². The van der Waals surface area contributed by atoms with E-state index in [1.54, 1.807) is 72.8 Å². The van der Waals surface area contributed by atoms with Gasteiger partial charge >= 0.3 is 0 Å². The molecule has 0 unspecified atom stereocenters. The van der Waals surface area contributed by atoms with Gasteiger partial charge in [-0.3, -0.25) is 9.10 Å². The van der Waals surface area contributed by atoms with E-state index in [9.17, 15) is 13.2 Å². The van der Waals surface area contributed by atoms with Crippen LogP contribution in [0.4, 0.5) is 11.4 Å². The van der Waals surface area contributed by atoms with Gasteiger partial charge in [0.05, 0.1) is 29.2 Å². The van der Waals surface area contributed by atoms with Gasteiger partial charge in [-0.15, -0.1) is 0 Å². The average Bonchev–Trinajstić information content (AvgIpc) is 2.67. The molecule has 0 aliphatic rings. The van der Waals surface area contributed by atoms with Crippen molar-refractivity contribution in [1.82, 2.24) is 0 Å². The Morgan fingerprint density at radius 1 is 0.966 bits per heavy atom. The summed E-state index contributed by atoms with van der Waals surface area (Å²) in [6, 6.07) is 20.3. The number of benzene rings is 3. The first-order valence-corrected chi connectivity index (χ1v) is 11.2. The van der Waals surface area contributed by atoms with Crippen molar-refractivity contribution in [2.24, 2.45) is 0 Å². The third kappa shape index (κ3) is 5.50. The van der Waals surface area contributed by atoms with Gasteiger partial charge < -0.3 is 5.32 Å². The summed E-state index contributed by atoms with van der Waals surface area (Å²) in [5.41, 5.74) is 2.15. The molecule has 3 aromatic carbocycles. The van der Waals surface area contributed by atoms with E-state index in [2.05, 4.69) is 5.32 Å². The molecule has 0 saturated carbocycles. The molecule has 1 amide bonds. The first-order valence-electron chi connectivity index (χ1n) is 8.62. The monoisotopic (exact) mass is 448 g/mol. The third-order valence-electron chi connectivity index (χ3n) is 4.16. The van der Waals surface area contributed by atoms with E-state index in [1.807, 2.05) is 0 Å². The Balaban J connectivity index is 1.78. The van der Waals surface area contributed by atoms with Crippen LogP contribution < -0.4 is 9.62 Å². The van der Waals surface area contributed by atoms with Crippen LogP contribution in [-0.2, 0) is 16.6 Å². The number of hydrogen-bond donors (Lipinski definition) is 1. The number of sulfonamides is 1. The highest BCUT2D eigenvalue weighted by molar-refractivity contribution is 7.92. The first kappa shape index (κ1) is 21.2. The second kappa shape index (κ2) is 8.86. The number of carbonyl (C=O) groups is 1. The van der Waals surface area contributed by atoms with Crippen LogP contribution in [-0.4, -0.2) is 20.6 Å². The smallest absolute Gasteiger partial charge is 0.255 e. The Morgan fingerprint density at radius 3 is 2.28 bits per heavy atom. The molecule has 0 radical (unpaired) electrons. The zero-order chi connectivity index (χ0) is 21.0. The van der Waals surface area contributed by atoms with Gasteiger partial charge in [0.2, 0.25) is 10.0 Å². The maximum Gasteiger partial charge on any atom is 0.255 e. The normalized spacial score (nSPS) is 11.1. The molecule has 1 N–H and O–H groups in total. The lowest BCUT2D eigenvalue weighted by Gasteiger charge is -2.22. The Bertz CT molecular complexity index is 1130. The average molecular weight is 449 g/mol. The Morgan fingerprint density at radius 2 is 1.66 bits per heavy atom. The van der Waals surface area contributed by atoms with E-state index in [0.717, 1.165) is 11.8 Å². The summed E-state index contributed by atoms with van der Waals surface area (Å²) >= 11 is 12.1. The minimum Gasteiger partial charge on any atom is -0.321 e. The van der Waals surface area contributed by atoms with E-state index in [-0.39, 0.29) is 12.5 Å². The fourth-order valence-corrected chi connectivity index (χ4v) is 3.96. The van der Waals surface area contributed by atoms with Gasteiger partial charge in [0.1, 0.15) is 0 Å². The van der Waals surface area contributed by atoms with E-state index < -0.39 is 10.0 Å². The van der Waals surface area contributed by atoms with Gasteiger partial charge in [-0.1, -0.05) is 53.5 Å². The van der Waals surface area contributed by atoms with Crippen molar-refractivity contribution in [2.75, 3.05) is 15.9 Å². The molecule has 29 heavy (non-hydrogen) atoms. The Labute approximate surface area is 179 Å². The van der Waals surface area contributed by atoms with Gasteiger partial charge in [0.25, 0.3) is 5.91 Å². The largest absolute Gasteiger partial charge is 0.321 e. The molecule has 0 fully saturated rings. The molecular weight excluding hydrogens is 431 g/mol. The molecule has 0 bridgehead atoms. The molecule has 0 aliphatic carbocycles. The minimum absolute atomic E-state index is 0.117. The number of rotatable bonds is 6. The molecule has 3 rings (SSSR count). The second-order valence-corrected chi connectivity index (χ2v) is 9.13. The molecule has 0 heterocycles. The van der Waals surface area contributed by atoms with Gasteiger partial charge in [0, 0.05) is 10.6 Å². The number of halogens is 2. The number of para-hydroxylation sites is 1. The molecule has 3 aromatic rings. The van der Waals surface area contributed by atoms with Crippen LogP contribution >= 0.6 is 23.2 Å². The number of hydrogen-bond acceptors (Lipinski definition) is 3. The Hall–Kier alpha value is -2.54. The van der Waals surface area contributed by atoms with E-state index in [0.29, 0.717) is 27.0 Å². The van der Waals surface area contributed by atoms with Crippen LogP contribution in [0.5, 0.6) is 0 Å². The lowest BCUT2D eigenvalue weighted by atomic mass is 10.1. The number of anilines is 2. The van der Waals surface area contributed by atoms with Gasteiger partial charge in [-0.05, 0) is 48.0 Å². The van der Waals surface area contributed by atoms with Crippen molar-refractivity contribution >= 4 is 50.5 Å². The fourth-order valence-electron chi connectivity index (χ4n) is 2.72. The molecule has 150 valence electrons. The number of nitrogens with zero attached hydrogens (tertiary/aromatic N) is 1. The molecular formula is C21H18Cl2N2O3S. The van der Waals surface area contributed by atoms with Gasteiger partial charge in [-0.2, -0.15) is 0 Å². The molecule has 8 heteroatoms. The molecule has 0 atom stereocenters. The van der Waals surface area contributed by atoms with Crippen molar-refractivity contribution in [3.63, 3.8) is 0 Å². The molecule has 5 nitrogen and oxygen atoms in total. The summed E-state index contributed by atoms with van der Waals surface area (Å²) in [7, 11) is -3.52. The highest BCUT2D eigenvalue weighted by Gasteiger charge is 2.18. The zero-order valence-corrected chi connectivity index (χ0v) is 17.8. The van der Waals surface area contributed by atoms with Crippen molar-refractivity contribution in [3.05, 3.63) is 94.0 Å². The molecule has 0 aromatic heterocycles. The van der Waals surface area contributed by atoms with Crippen LogP contribution in [0.25, 0.3) is 0 Å². The summed E-state index contributed by atoms with van der Waals surface area (Å²) in [5, 5.41) is 3.65. The quantitative estimate of drug-likeness (QED) is 0.562. The van der Waals surface area contributed by atoms with E-state index >= 15 is 0 Å². The lowest BCUT2D eigenvalue weighted by molar-refractivity contribution is 0.102. The zero-order valence-electron chi connectivity index (χ0n) is 15.5. The van der Waals surface area contributed by atoms with Crippen LogP contribution in [0.15, 0.2) is 72.8 Å². The number of carbonyl (C=O) groups excluding carboxylic acids is 1. The van der Waals surface area contributed by atoms with Crippen molar-refractivity contribution in [3.8, 4) is 0 Å². The predicted molar refractivity (Wildman–Crippen MR) is 118 cm³/mol. The topological polar surface area (TPSA) is 66.5 Å². The van der Waals surface area contributed by atoms with Crippen LogP contribution in [0.3, 0.4) is 0 Å². The predicted octanol–water partition coefficient (Wildman–Crippen LogP) is 5.21. The van der Waals surface area contributed by atoms with Crippen molar-refractivity contribution < 1.29 is 13.2 Å². The summed E-state index contributed by atoms with van der Waals surface area (Å²) < 4.78 is 25.8. The first-order chi connectivity index (χ1) is 13.7. The molecule has 0 saturated heterocycles.